The van der Waals surface area contributed by atoms with Crippen LogP contribution in [0, 0.1) is 5.92 Å². The molecule has 0 saturated heterocycles. The van der Waals surface area contributed by atoms with Crippen LogP contribution in [0.25, 0.3) is 0 Å². The molecule has 116 valence electrons. The largest absolute Gasteiger partial charge is 0.409 e. The number of carbonyl (C=O) groups is 1. The summed E-state index contributed by atoms with van der Waals surface area (Å²) in [4.78, 5) is 13.7. The van der Waals surface area contributed by atoms with Crippen LogP contribution in [0.3, 0.4) is 0 Å². The molecular formula is C13H18Cl2N4O2. The van der Waals surface area contributed by atoms with Gasteiger partial charge in [-0.2, -0.15) is 0 Å². The van der Waals surface area contributed by atoms with Crippen molar-refractivity contribution in [1.29, 1.82) is 0 Å². The first-order valence-corrected chi connectivity index (χ1v) is 7.13. The van der Waals surface area contributed by atoms with Gasteiger partial charge >= 0.3 is 6.03 Å². The molecule has 1 aromatic carbocycles. The van der Waals surface area contributed by atoms with Crippen molar-refractivity contribution >= 4 is 40.8 Å². The third kappa shape index (κ3) is 4.99. The molecule has 1 unspecified atom stereocenters. The average molecular weight is 333 g/mol. The lowest BCUT2D eigenvalue weighted by Crippen LogP contribution is -2.41. The number of nitrogens with zero attached hydrogens (tertiary/aromatic N) is 2. The number of rotatable bonds is 5. The van der Waals surface area contributed by atoms with Crippen molar-refractivity contribution in [3.63, 3.8) is 0 Å². The number of halogens is 2. The van der Waals surface area contributed by atoms with E-state index in [1.54, 1.807) is 30.0 Å². The first-order chi connectivity index (χ1) is 9.88. The van der Waals surface area contributed by atoms with E-state index in [9.17, 15) is 4.79 Å². The van der Waals surface area contributed by atoms with Crippen LogP contribution in [-0.2, 0) is 0 Å². The second kappa shape index (κ2) is 7.95. The minimum atomic E-state index is -0.298. The minimum absolute atomic E-state index is 0.0794. The number of hydrogen-bond donors (Lipinski definition) is 3. The van der Waals surface area contributed by atoms with Crippen molar-refractivity contribution in [2.45, 2.75) is 13.8 Å². The number of hydrogen-bond acceptors (Lipinski definition) is 3. The molecule has 0 aromatic heterocycles. The van der Waals surface area contributed by atoms with Crippen LogP contribution in [0.2, 0.25) is 10.0 Å². The number of oxime groups is 1. The predicted molar refractivity (Wildman–Crippen MR) is 85.3 cm³/mol. The lowest BCUT2D eigenvalue weighted by atomic mass is 10.1. The van der Waals surface area contributed by atoms with Crippen molar-refractivity contribution < 1.29 is 10.0 Å². The summed E-state index contributed by atoms with van der Waals surface area (Å²) in [7, 11) is 0. The van der Waals surface area contributed by atoms with Crippen LogP contribution < -0.4 is 11.1 Å². The second-order valence-electron chi connectivity index (χ2n) is 4.52. The van der Waals surface area contributed by atoms with Crippen molar-refractivity contribution in [2.75, 3.05) is 18.4 Å². The molecule has 8 heteroatoms. The smallest absolute Gasteiger partial charge is 0.321 e. The Balaban J connectivity index is 2.73. The number of amidine groups is 1. The Morgan fingerprint density at radius 2 is 2.14 bits per heavy atom. The number of carbonyl (C=O) groups excluding carboxylic acids is 1. The van der Waals surface area contributed by atoms with Crippen LogP contribution in [0.1, 0.15) is 13.8 Å². The van der Waals surface area contributed by atoms with Crippen molar-refractivity contribution in [3.05, 3.63) is 28.2 Å². The lowest BCUT2D eigenvalue weighted by Gasteiger charge is -2.24. The highest BCUT2D eigenvalue weighted by Crippen LogP contribution is 2.25. The fraction of sp³-hybridized carbons (Fsp3) is 0.385. The van der Waals surface area contributed by atoms with Crippen LogP contribution >= 0.6 is 23.2 Å². The summed E-state index contributed by atoms with van der Waals surface area (Å²) in [5, 5.41) is 15.1. The summed E-state index contributed by atoms with van der Waals surface area (Å²) in [6.07, 6.45) is 0. The first kappa shape index (κ1) is 17.4. The molecule has 0 heterocycles. The highest BCUT2D eigenvalue weighted by molar-refractivity contribution is 6.42. The van der Waals surface area contributed by atoms with Gasteiger partial charge in [0, 0.05) is 24.7 Å². The number of nitrogens with two attached hydrogens (primary N) is 1. The van der Waals surface area contributed by atoms with Crippen LogP contribution in [0.4, 0.5) is 10.5 Å². The summed E-state index contributed by atoms with van der Waals surface area (Å²) in [5.74, 6) is -0.176. The summed E-state index contributed by atoms with van der Waals surface area (Å²) in [6, 6.07) is 4.54. The molecule has 4 N–H and O–H groups in total. The van der Waals surface area contributed by atoms with Crippen LogP contribution in [0.5, 0.6) is 0 Å². The molecule has 0 fully saturated rings. The van der Waals surface area contributed by atoms with E-state index < -0.39 is 0 Å². The number of nitrogens with one attached hydrogen (secondary N) is 1. The summed E-state index contributed by atoms with van der Waals surface area (Å²) in [6.45, 7) is 4.42. The number of benzene rings is 1. The summed E-state index contributed by atoms with van der Waals surface area (Å²) < 4.78 is 0. The molecule has 1 rings (SSSR count). The average Bonchev–Trinajstić information content (AvgIpc) is 2.47. The third-order valence-corrected chi connectivity index (χ3v) is 3.69. The van der Waals surface area contributed by atoms with E-state index in [4.69, 9.17) is 34.1 Å². The van der Waals surface area contributed by atoms with E-state index in [-0.39, 0.29) is 17.8 Å². The maximum Gasteiger partial charge on any atom is 0.321 e. The van der Waals surface area contributed by atoms with Gasteiger partial charge in [-0.15, -0.1) is 0 Å². The lowest BCUT2D eigenvalue weighted by molar-refractivity contribution is 0.210. The van der Waals surface area contributed by atoms with E-state index in [0.29, 0.717) is 28.8 Å². The molecule has 0 radical (unpaired) electrons. The van der Waals surface area contributed by atoms with Crippen molar-refractivity contribution in [2.24, 2.45) is 16.8 Å². The third-order valence-electron chi connectivity index (χ3n) is 2.95. The van der Waals surface area contributed by atoms with E-state index in [1.165, 1.54) is 0 Å². The molecule has 0 aliphatic carbocycles. The van der Waals surface area contributed by atoms with Gasteiger partial charge in [0.2, 0.25) is 0 Å². The molecule has 1 aromatic rings. The maximum absolute atomic E-state index is 12.2. The van der Waals surface area contributed by atoms with Gasteiger partial charge in [0.05, 0.1) is 10.0 Å². The Hall–Kier alpha value is -1.66. The van der Waals surface area contributed by atoms with Gasteiger partial charge < -0.3 is 21.2 Å². The number of amides is 2. The molecular weight excluding hydrogens is 315 g/mol. The Morgan fingerprint density at radius 1 is 1.48 bits per heavy atom. The SMILES string of the molecule is CCN(CC(C)C(N)=NO)C(=O)Nc1ccc(Cl)c(Cl)c1. The van der Waals surface area contributed by atoms with Crippen LogP contribution in [-0.4, -0.2) is 35.1 Å². The van der Waals surface area contributed by atoms with Crippen molar-refractivity contribution in [3.8, 4) is 0 Å². The zero-order valence-electron chi connectivity index (χ0n) is 11.8. The normalized spacial score (nSPS) is 12.9. The van der Waals surface area contributed by atoms with Gasteiger partial charge in [0.25, 0.3) is 0 Å². The quantitative estimate of drug-likeness (QED) is 0.334. The highest BCUT2D eigenvalue weighted by atomic mass is 35.5. The molecule has 0 bridgehead atoms. The minimum Gasteiger partial charge on any atom is -0.409 e. The van der Waals surface area contributed by atoms with Gasteiger partial charge in [0.1, 0.15) is 5.84 Å². The van der Waals surface area contributed by atoms with Crippen molar-refractivity contribution in [1.82, 2.24) is 4.90 Å². The Kier molecular flexibility index (Phi) is 6.58. The second-order valence-corrected chi connectivity index (χ2v) is 5.34. The van der Waals surface area contributed by atoms with E-state index in [0.717, 1.165) is 0 Å². The predicted octanol–water partition coefficient (Wildman–Crippen LogP) is 3.23. The van der Waals surface area contributed by atoms with Gasteiger partial charge in [0.15, 0.2) is 0 Å². The van der Waals surface area contributed by atoms with E-state index in [2.05, 4.69) is 10.5 Å². The molecule has 0 saturated carbocycles. The monoisotopic (exact) mass is 332 g/mol. The summed E-state index contributed by atoms with van der Waals surface area (Å²) >= 11 is 11.7. The fourth-order valence-corrected chi connectivity index (χ4v) is 1.95. The zero-order valence-corrected chi connectivity index (χ0v) is 13.3. The molecule has 1 atom stereocenters. The maximum atomic E-state index is 12.2. The standard InChI is InChI=1S/C13H18Cl2N4O2/c1-3-19(7-8(2)12(16)18-21)13(20)17-9-4-5-10(14)11(15)6-9/h4-6,8,21H,3,7H2,1-2H3,(H2,16,18)(H,17,20). The fourth-order valence-electron chi connectivity index (χ4n) is 1.65. The molecule has 21 heavy (non-hydrogen) atoms. The summed E-state index contributed by atoms with van der Waals surface area (Å²) in [5.41, 5.74) is 6.06. The van der Waals surface area contributed by atoms with E-state index >= 15 is 0 Å². The van der Waals surface area contributed by atoms with Gasteiger partial charge in [-0.05, 0) is 25.1 Å². The van der Waals surface area contributed by atoms with Gasteiger partial charge in [-0.25, -0.2) is 4.79 Å². The number of urea groups is 1. The zero-order chi connectivity index (χ0) is 16.0. The Labute approximate surface area is 133 Å². The molecule has 0 spiro atoms. The topological polar surface area (TPSA) is 90.9 Å². The van der Waals surface area contributed by atoms with Gasteiger partial charge in [-0.1, -0.05) is 35.3 Å². The molecule has 2 amide bonds. The Bertz CT molecular complexity index is 537. The Morgan fingerprint density at radius 3 is 2.67 bits per heavy atom. The van der Waals surface area contributed by atoms with Crippen LogP contribution in [0.15, 0.2) is 23.4 Å². The number of anilines is 1. The van der Waals surface area contributed by atoms with E-state index in [1.807, 2.05) is 6.92 Å². The first-order valence-electron chi connectivity index (χ1n) is 6.37. The molecule has 0 aliphatic rings. The molecule has 6 nitrogen and oxygen atoms in total. The van der Waals surface area contributed by atoms with Gasteiger partial charge in [-0.3, -0.25) is 0 Å². The highest BCUT2D eigenvalue weighted by Gasteiger charge is 2.17. The molecule has 0 aliphatic heterocycles.